The molecule has 0 aromatic carbocycles. The number of rotatable bonds is 0. The van der Waals surface area contributed by atoms with Gasteiger partial charge in [-0.1, -0.05) is 0 Å². The van der Waals surface area contributed by atoms with Crippen molar-refractivity contribution in [2.45, 2.75) is 0 Å². The van der Waals surface area contributed by atoms with E-state index in [0.717, 1.165) is 0 Å². The topological polar surface area (TPSA) is 0 Å². The first-order valence-electron chi connectivity index (χ1n) is 0. The monoisotopic (exact) mass is 148 g/mol. The molecule has 4 heavy (non-hydrogen) atoms. The van der Waals surface area contributed by atoms with Gasteiger partial charge in [-0.15, -0.1) is 0 Å². The Hall–Kier alpha value is 2.38. The molecular formula is ClFKMn+. The SMILES string of the molecule is [Cl-].[F-].[K+].[Mn+2]. The minimum Gasteiger partial charge on any atom is -1.00 e. The molecule has 4 heteroatoms. The number of hydrogen-bond acceptors (Lipinski definition) is 0. The quantitative estimate of drug-likeness (QED) is 0.300. The normalized spacial score (nSPS) is 0. The van der Waals surface area contributed by atoms with Crippen LogP contribution in [-0.4, -0.2) is 0 Å². The summed E-state index contributed by atoms with van der Waals surface area (Å²) < 4.78 is 0. The predicted molar refractivity (Wildman–Crippen MR) is 0 cm³/mol. The largest absolute Gasteiger partial charge is 2.00 e. The van der Waals surface area contributed by atoms with E-state index in [1.807, 2.05) is 0 Å². The van der Waals surface area contributed by atoms with E-state index in [2.05, 4.69) is 0 Å². The van der Waals surface area contributed by atoms with Crippen LogP contribution in [-0.2, 0) is 17.1 Å². The predicted octanol–water partition coefficient (Wildman–Crippen LogP) is -8.99. The van der Waals surface area contributed by atoms with E-state index < -0.39 is 0 Å². The van der Waals surface area contributed by atoms with E-state index in [-0.39, 0.29) is 85.6 Å². The van der Waals surface area contributed by atoms with Crippen LogP contribution in [0.3, 0.4) is 0 Å². The van der Waals surface area contributed by atoms with Crippen molar-refractivity contribution in [3.8, 4) is 0 Å². The molecule has 0 bridgehead atoms. The van der Waals surface area contributed by atoms with E-state index in [1.54, 1.807) is 0 Å². The van der Waals surface area contributed by atoms with E-state index in [4.69, 9.17) is 0 Å². The van der Waals surface area contributed by atoms with Crippen LogP contribution in [0.5, 0.6) is 0 Å². The Morgan fingerprint density at radius 2 is 1.00 bits per heavy atom. The molecule has 0 unspecified atom stereocenters. The maximum absolute atomic E-state index is 0. The zero-order valence-corrected chi connectivity index (χ0v) is 7.19. The molecule has 1 radical (unpaired) electrons. The summed E-state index contributed by atoms with van der Waals surface area (Å²) in [7, 11) is 0. The van der Waals surface area contributed by atoms with E-state index in [9.17, 15) is 0 Å². The second kappa shape index (κ2) is 18.2. The fourth-order valence-electron chi connectivity index (χ4n) is 0. The number of halogens is 2. The van der Waals surface area contributed by atoms with Gasteiger partial charge in [0.2, 0.25) is 0 Å². The molecule has 0 fully saturated rings. The van der Waals surface area contributed by atoms with Gasteiger partial charge < -0.3 is 17.1 Å². The molecule has 0 aromatic rings. The van der Waals surface area contributed by atoms with Crippen LogP contribution in [0.25, 0.3) is 0 Å². The minimum atomic E-state index is 0. The van der Waals surface area contributed by atoms with Gasteiger partial charge in [0.1, 0.15) is 0 Å². The van der Waals surface area contributed by atoms with Crippen LogP contribution in [0.4, 0.5) is 0 Å². The van der Waals surface area contributed by atoms with E-state index >= 15 is 0 Å². The molecule has 0 aromatic heterocycles. The van der Waals surface area contributed by atoms with Gasteiger partial charge in [-0.05, 0) is 0 Å². The van der Waals surface area contributed by atoms with Crippen LogP contribution in [0, 0.1) is 0 Å². The van der Waals surface area contributed by atoms with Gasteiger partial charge in [-0.3, -0.25) is 0 Å². The molecule has 0 saturated carbocycles. The van der Waals surface area contributed by atoms with Crippen molar-refractivity contribution in [3.05, 3.63) is 0 Å². The third kappa shape index (κ3) is 8.83. The van der Waals surface area contributed by atoms with Crippen LogP contribution < -0.4 is 68.5 Å². The fraction of sp³-hybridized carbons (Fsp3) is 0. The molecule has 0 aliphatic rings. The first-order valence-corrected chi connectivity index (χ1v) is 0. The van der Waals surface area contributed by atoms with Gasteiger partial charge in [0.15, 0.2) is 0 Å². The molecule has 21 valence electrons. The zero-order valence-electron chi connectivity index (χ0n) is 2.13. The molecule has 0 atom stereocenters. The molecule has 0 saturated heterocycles. The summed E-state index contributed by atoms with van der Waals surface area (Å²) >= 11 is 0. The Morgan fingerprint density at radius 1 is 1.00 bits per heavy atom. The molecule has 0 aliphatic heterocycles. The van der Waals surface area contributed by atoms with Gasteiger partial charge in [-0.25, -0.2) is 0 Å². The molecule has 0 aliphatic carbocycles. The van der Waals surface area contributed by atoms with Gasteiger partial charge in [-0.2, -0.15) is 0 Å². The fourth-order valence-corrected chi connectivity index (χ4v) is 0. The Kier molecular flexibility index (Phi) is 149. The van der Waals surface area contributed by atoms with Crippen molar-refractivity contribution in [1.29, 1.82) is 0 Å². The van der Waals surface area contributed by atoms with Crippen molar-refractivity contribution in [3.63, 3.8) is 0 Å². The molecule has 0 N–H and O–H groups in total. The van der Waals surface area contributed by atoms with Gasteiger partial charge >= 0.3 is 68.5 Å². The van der Waals surface area contributed by atoms with Crippen LogP contribution in [0.2, 0.25) is 0 Å². The minimum absolute atomic E-state index is 0. The first kappa shape index (κ1) is 32.6. The zero-order chi connectivity index (χ0) is 0. The maximum atomic E-state index is 0. The third-order valence-electron chi connectivity index (χ3n) is 0. The molecular weight excluding hydrogens is 148 g/mol. The van der Waals surface area contributed by atoms with Crippen molar-refractivity contribution < 1.29 is 85.6 Å². The average Bonchev–Trinajstić information content (AvgIpc) is 0. The van der Waals surface area contributed by atoms with Crippen LogP contribution in [0.15, 0.2) is 0 Å². The Morgan fingerprint density at radius 3 is 1.00 bits per heavy atom. The van der Waals surface area contributed by atoms with Crippen LogP contribution in [0.1, 0.15) is 0 Å². The van der Waals surface area contributed by atoms with Crippen molar-refractivity contribution in [1.82, 2.24) is 0 Å². The molecule has 0 rings (SSSR count). The summed E-state index contributed by atoms with van der Waals surface area (Å²) in [5.74, 6) is 0. The van der Waals surface area contributed by atoms with Gasteiger partial charge in [0.25, 0.3) is 0 Å². The van der Waals surface area contributed by atoms with Crippen molar-refractivity contribution in [2.75, 3.05) is 0 Å². The second-order valence-electron chi connectivity index (χ2n) is 0. The summed E-state index contributed by atoms with van der Waals surface area (Å²) in [5, 5.41) is 0. The van der Waals surface area contributed by atoms with Gasteiger partial charge in [0, 0.05) is 0 Å². The second-order valence-corrected chi connectivity index (χ2v) is 0. The Labute approximate surface area is 83.8 Å². The summed E-state index contributed by atoms with van der Waals surface area (Å²) in [6, 6.07) is 0. The summed E-state index contributed by atoms with van der Waals surface area (Å²) in [6.45, 7) is 0. The first-order chi connectivity index (χ1) is 0. The molecule has 0 spiro atoms. The molecule has 0 nitrogen and oxygen atoms in total. The summed E-state index contributed by atoms with van der Waals surface area (Å²) in [4.78, 5) is 0. The molecule has 0 heterocycles. The standard InChI is InChI=1S/ClH.FH.K.Mn/h2*1H;;/q;;+1;+2/p-2. The van der Waals surface area contributed by atoms with Crippen LogP contribution >= 0.6 is 0 Å². The van der Waals surface area contributed by atoms with E-state index in [1.165, 1.54) is 0 Å². The Bertz CT molecular complexity index is 8.00. The van der Waals surface area contributed by atoms with Crippen molar-refractivity contribution in [2.24, 2.45) is 0 Å². The Balaban J connectivity index is 0. The number of hydrogen-bond donors (Lipinski definition) is 0. The summed E-state index contributed by atoms with van der Waals surface area (Å²) in [5.41, 5.74) is 0. The smallest absolute Gasteiger partial charge is 1.00 e. The maximum Gasteiger partial charge on any atom is 2.00 e. The van der Waals surface area contributed by atoms with E-state index in [0.29, 0.717) is 0 Å². The third-order valence-corrected chi connectivity index (χ3v) is 0. The molecule has 0 amide bonds. The van der Waals surface area contributed by atoms with Gasteiger partial charge in [0.05, 0.1) is 0 Å². The average molecular weight is 148 g/mol. The van der Waals surface area contributed by atoms with Crippen molar-refractivity contribution >= 4 is 0 Å². The summed E-state index contributed by atoms with van der Waals surface area (Å²) in [6.07, 6.45) is 0.